The number of methoxy groups -OCH3 is 1. The van der Waals surface area contributed by atoms with Crippen LogP contribution < -0.4 is 9.47 Å². The van der Waals surface area contributed by atoms with Gasteiger partial charge in [0.15, 0.2) is 0 Å². The molecule has 1 fully saturated rings. The van der Waals surface area contributed by atoms with Gasteiger partial charge in [-0.3, -0.25) is 4.79 Å². The van der Waals surface area contributed by atoms with Crippen molar-refractivity contribution in [1.29, 1.82) is 0 Å². The fourth-order valence-corrected chi connectivity index (χ4v) is 4.30. The molecular formula is C19H21NO3S2. The zero-order chi connectivity index (χ0) is 17.6. The Morgan fingerprint density at radius 2 is 1.80 bits per heavy atom. The molecule has 1 saturated heterocycles. The second kappa shape index (κ2) is 8.54. The first-order valence-electron chi connectivity index (χ1n) is 8.03. The van der Waals surface area contributed by atoms with Gasteiger partial charge in [0.05, 0.1) is 19.4 Å². The van der Waals surface area contributed by atoms with Crippen LogP contribution in [0.4, 0.5) is 0 Å². The van der Waals surface area contributed by atoms with Crippen LogP contribution in [0.15, 0.2) is 53.4 Å². The summed E-state index contributed by atoms with van der Waals surface area (Å²) in [5.41, 5.74) is 1.16. The van der Waals surface area contributed by atoms with Gasteiger partial charge in [0.2, 0.25) is 5.91 Å². The van der Waals surface area contributed by atoms with Crippen molar-refractivity contribution in [2.45, 2.75) is 10.3 Å². The number of thioether (sulfide) groups is 2. The minimum atomic E-state index is 0.0721. The van der Waals surface area contributed by atoms with Crippen molar-refractivity contribution in [2.75, 3.05) is 32.3 Å². The van der Waals surface area contributed by atoms with Crippen LogP contribution in [0.3, 0.4) is 0 Å². The van der Waals surface area contributed by atoms with Crippen LogP contribution in [0, 0.1) is 0 Å². The summed E-state index contributed by atoms with van der Waals surface area (Å²) < 4.78 is 10.9. The molecule has 0 radical (unpaired) electrons. The predicted molar refractivity (Wildman–Crippen MR) is 104 cm³/mol. The third-order valence-corrected chi connectivity index (χ3v) is 6.03. The van der Waals surface area contributed by atoms with Crippen molar-refractivity contribution in [3.05, 3.63) is 54.1 Å². The van der Waals surface area contributed by atoms with Gasteiger partial charge in [0.25, 0.3) is 0 Å². The van der Waals surface area contributed by atoms with Gasteiger partial charge in [0.1, 0.15) is 23.5 Å². The van der Waals surface area contributed by atoms with Gasteiger partial charge in [-0.05, 0) is 48.2 Å². The van der Waals surface area contributed by atoms with Gasteiger partial charge in [-0.15, -0.1) is 23.5 Å². The molecule has 132 valence electrons. The molecule has 25 heavy (non-hydrogen) atoms. The molecule has 0 spiro atoms. The lowest BCUT2D eigenvalue weighted by molar-refractivity contribution is -0.128. The molecule has 0 aromatic heterocycles. The highest BCUT2D eigenvalue weighted by Gasteiger charge is 2.32. The second-order valence-electron chi connectivity index (χ2n) is 5.55. The molecule has 0 N–H and O–H groups in total. The van der Waals surface area contributed by atoms with E-state index in [-0.39, 0.29) is 11.3 Å². The summed E-state index contributed by atoms with van der Waals surface area (Å²) >= 11 is 3.39. The van der Waals surface area contributed by atoms with Crippen LogP contribution in [0.1, 0.15) is 10.9 Å². The molecule has 1 heterocycles. The lowest BCUT2D eigenvalue weighted by Crippen LogP contribution is -2.32. The van der Waals surface area contributed by atoms with Gasteiger partial charge < -0.3 is 14.4 Å². The standard InChI is InChI=1S/C19H21NO3S2/c1-22-15-5-7-16(8-6-15)23-12-11-20-18(21)13-25-19(20)14-3-9-17(24-2)10-4-14/h3-10,19H,11-13H2,1-2H3. The Balaban J connectivity index is 1.59. The summed E-state index contributed by atoms with van der Waals surface area (Å²) in [5.74, 6) is 2.27. The average Bonchev–Trinajstić information content (AvgIpc) is 3.03. The molecule has 1 aliphatic heterocycles. The van der Waals surface area contributed by atoms with Crippen LogP contribution in [0.5, 0.6) is 11.5 Å². The second-order valence-corrected chi connectivity index (χ2v) is 7.50. The number of carbonyl (C=O) groups is 1. The summed E-state index contributed by atoms with van der Waals surface area (Å²) in [7, 11) is 1.64. The van der Waals surface area contributed by atoms with Crippen LogP contribution in [-0.2, 0) is 4.79 Å². The maximum Gasteiger partial charge on any atom is 0.233 e. The molecule has 1 unspecified atom stereocenters. The van der Waals surface area contributed by atoms with E-state index in [9.17, 15) is 4.79 Å². The Morgan fingerprint density at radius 3 is 2.44 bits per heavy atom. The third-order valence-electron chi connectivity index (χ3n) is 4.03. The van der Waals surface area contributed by atoms with E-state index < -0.39 is 0 Å². The van der Waals surface area contributed by atoms with Crippen molar-refractivity contribution in [1.82, 2.24) is 4.90 Å². The van der Waals surface area contributed by atoms with E-state index in [0.29, 0.717) is 18.9 Å². The lowest BCUT2D eigenvalue weighted by atomic mass is 10.2. The quantitative estimate of drug-likeness (QED) is 0.682. The lowest BCUT2D eigenvalue weighted by Gasteiger charge is -2.24. The van der Waals surface area contributed by atoms with Crippen LogP contribution in [0.25, 0.3) is 0 Å². The van der Waals surface area contributed by atoms with Crippen molar-refractivity contribution in [2.24, 2.45) is 0 Å². The Labute approximate surface area is 156 Å². The van der Waals surface area contributed by atoms with E-state index in [4.69, 9.17) is 9.47 Å². The smallest absolute Gasteiger partial charge is 0.233 e. The highest BCUT2D eigenvalue weighted by molar-refractivity contribution is 8.00. The average molecular weight is 376 g/mol. The number of nitrogens with zero attached hydrogens (tertiary/aromatic N) is 1. The van der Waals surface area contributed by atoms with Crippen molar-refractivity contribution < 1.29 is 14.3 Å². The summed E-state index contributed by atoms with van der Waals surface area (Å²) in [5, 5.41) is 0.0721. The molecule has 3 rings (SSSR count). The van der Waals surface area contributed by atoms with E-state index in [1.54, 1.807) is 30.6 Å². The first kappa shape index (κ1) is 18.0. The predicted octanol–water partition coefficient (Wildman–Crippen LogP) is 4.07. The summed E-state index contributed by atoms with van der Waals surface area (Å²) in [4.78, 5) is 15.4. The van der Waals surface area contributed by atoms with Crippen LogP contribution >= 0.6 is 23.5 Å². The van der Waals surface area contributed by atoms with Crippen molar-refractivity contribution in [3.63, 3.8) is 0 Å². The molecule has 1 atom stereocenters. The Morgan fingerprint density at radius 1 is 1.12 bits per heavy atom. The number of benzene rings is 2. The third kappa shape index (κ3) is 4.44. The number of hydrogen-bond acceptors (Lipinski definition) is 5. The van der Waals surface area contributed by atoms with Crippen LogP contribution in [-0.4, -0.2) is 43.1 Å². The fraction of sp³-hybridized carbons (Fsp3) is 0.316. The largest absolute Gasteiger partial charge is 0.497 e. The summed E-state index contributed by atoms with van der Waals surface area (Å²) in [6.07, 6.45) is 2.06. The van der Waals surface area contributed by atoms with Crippen molar-refractivity contribution >= 4 is 29.4 Å². The van der Waals surface area contributed by atoms with Gasteiger partial charge in [-0.2, -0.15) is 0 Å². The molecule has 6 heteroatoms. The summed E-state index contributed by atoms with van der Waals surface area (Å²) in [6.45, 7) is 1.05. The SMILES string of the molecule is COc1ccc(OCCN2C(=O)CSC2c2ccc(SC)cc2)cc1. The van der Waals surface area contributed by atoms with E-state index in [1.807, 2.05) is 29.2 Å². The molecule has 0 bridgehead atoms. The van der Waals surface area contributed by atoms with Gasteiger partial charge in [0, 0.05) is 4.90 Å². The zero-order valence-electron chi connectivity index (χ0n) is 14.3. The zero-order valence-corrected chi connectivity index (χ0v) is 15.9. The topological polar surface area (TPSA) is 38.8 Å². The summed E-state index contributed by atoms with van der Waals surface area (Å²) in [6, 6.07) is 15.9. The molecule has 1 aliphatic rings. The number of ether oxygens (including phenoxy) is 2. The minimum Gasteiger partial charge on any atom is -0.497 e. The van der Waals surface area contributed by atoms with Crippen molar-refractivity contribution in [3.8, 4) is 11.5 Å². The van der Waals surface area contributed by atoms with E-state index in [1.165, 1.54) is 4.90 Å². The molecule has 2 aromatic carbocycles. The molecule has 2 aromatic rings. The van der Waals surface area contributed by atoms with Gasteiger partial charge in [-0.1, -0.05) is 12.1 Å². The molecule has 1 amide bonds. The highest BCUT2D eigenvalue weighted by Crippen LogP contribution is 2.38. The number of carbonyl (C=O) groups excluding carboxylic acids is 1. The molecule has 0 saturated carbocycles. The Kier molecular flexibility index (Phi) is 6.15. The van der Waals surface area contributed by atoms with E-state index in [2.05, 4.69) is 30.5 Å². The van der Waals surface area contributed by atoms with Crippen LogP contribution in [0.2, 0.25) is 0 Å². The maximum absolute atomic E-state index is 12.2. The molecule has 4 nitrogen and oxygen atoms in total. The number of amides is 1. The van der Waals surface area contributed by atoms with Gasteiger partial charge in [-0.25, -0.2) is 0 Å². The molecular weight excluding hydrogens is 354 g/mol. The van der Waals surface area contributed by atoms with E-state index >= 15 is 0 Å². The first-order valence-corrected chi connectivity index (χ1v) is 10.3. The highest BCUT2D eigenvalue weighted by atomic mass is 32.2. The van der Waals surface area contributed by atoms with Gasteiger partial charge >= 0.3 is 0 Å². The fourth-order valence-electron chi connectivity index (χ4n) is 2.67. The number of rotatable bonds is 7. The Hall–Kier alpha value is -1.79. The first-order chi connectivity index (χ1) is 12.2. The molecule has 0 aliphatic carbocycles. The normalized spacial score (nSPS) is 17.0. The Bertz CT molecular complexity index is 704. The minimum absolute atomic E-state index is 0.0721. The monoisotopic (exact) mass is 375 g/mol. The van der Waals surface area contributed by atoms with E-state index in [0.717, 1.165) is 17.1 Å². The number of hydrogen-bond donors (Lipinski definition) is 0. The maximum atomic E-state index is 12.2.